The maximum Gasteiger partial charge on any atom is 0.270 e. The van der Waals surface area contributed by atoms with E-state index in [2.05, 4.69) is 0 Å². The van der Waals surface area contributed by atoms with Crippen molar-refractivity contribution in [3.05, 3.63) is 59.2 Å². The Labute approximate surface area is 162 Å². The lowest BCUT2D eigenvalue weighted by Gasteiger charge is -2.22. The van der Waals surface area contributed by atoms with Gasteiger partial charge in [-0.3, -0.25) is 10.2 Å². The number of ether oxygens (including phenoxy) is 3. The molecule has 27 heavy (non-hydrogen) atoms. The Hall–Kier alpha value is -2.77. The standard InChI is InChI=1S/C19H20ClN3O4/c1-2-25-17(14-7-8-15-16(9-14)27-11-26-15)19(24)23(20)10-12-3-5-13(6-4-12)18(21)22/h3-9,17H,2,10-11H2,1H3,(H3,21,22). The quantitative estimate of drug-likeness (QED) is 0.431. The number of nitrogen functional groups attached to an aromatic ring is 1. The van der Waals surface area contributed by atoms with Crippen molar-refractivity contribution in [3.63, 3.8) is 0 Å². The number of hydrogen-bond acceptors (Lipinski definition) is 5. The van der Waals surface area contributed by atoms with Crippen LogP contribution in [0.3, 0.4) is 0 Å². The summed E-state index contributed by atoms with van der Waals surface area (Å²) in [4.78, 5) is 12.9. The van der Waals surface area contributed by atoms with Gasteiger partial charge in [0, 0.05) is 23.9 Å². The van der Waals surface area contributed by atoms with Gasteiger partial charge in [0.1, 0.15) is 5.84 Å². The highest BCUT2D eigenvalue weighted by atomic mass is 35.5. The molecule has 0 aromatic heterocycles. The van der Waals surface area contributed by atoms with E-state index in [1.165, 1.54) is 0 Å². The fourth-order valence-electron chi connectivity index (χ4n) is 2.71. The van der Waals surface area contributed by atoms with Crippen LogP contribution in [0.2, 0.25) is 0 Å². The zero-order valence-corrected chi connectivity index (χ0v) is 15.5. The number of carbonyl (C=O) groups is 1. The van der Waals surface area contributed by atoms with E-state index in [0.29, 0.717) is 29.2 Å². The molecular weight excluding hydrogens is 370 g/mol. The number of fused-ring (bicyclic) bond motifs is 1. The van der Waals surface area contributed by atoms with Crippen LogP contribution in [-0.4, -0.2) is 29.6 Å². The first kappa shape index (κ1) is 19.0. The zero-order valence-electron chi connectivity index (χ0n) is 14.8. The summed E-state index contributed by atoms with van der Waals surface area (Å²) in [7, 11) is 0. The smallest absolute Gasteiger partial charge is 0.270 e. The monoisotopic (exact) mass is 389 g/mol. The average Bonchev–Trinajstić information content (AvgIpc) is 3.13. The number of benzene rings is 2. The maximum absolute atomic E-state index is 12.9. The normalized spacial score (nSPS) is 13.3. The second-order valence-corrected chi connectivity index (χ2v) is 6.33. The molecule has 1 atom stereocenters. The van der Waals surface area contributed by atoms with Gasteiger partial charge in [-0.2, -0.15) is 0 Å². The summed E-state index contributed by atoms with van der Waals surface area (Å²) in [5.74, 6) is 0.813. The van der Waals surface area contributed by atoms with Gasteiger partial charge in [0.05, 0.1) is 6.54 Å². The van der Waals surface area contributed by atoms with Crippen LogP contribution in [0.4, 0.5) is 0 Å². The van der Waals surface area contributed by atoms with Crippen LogP contribution in [0.25, 0.3) is 0 Å². The Balaban J connectivity index is 1.74. The SMILES string of the molecule is CCOC(C(=O)N(Cl)Cc1ccc(C(=N)N)cc1)c1ccc2c(c1)OCO2. The van der Waals surface area contributed by atoms with Crippen molar-refractivity contribution in [2.75, 3.05) is 13.4 Å². The number of amidine groups is 1. The Morgan fingerprint density at radius 1 is 1.26 bits per heavy atom. The van der Waals surface area contributed by atoms with E-state index in [-0.39, 0.29) is 25.1 Å². The Morgan fingerprint density at radius 3 is 2.63 bits per heavy atom. The minimum atomic E-state index is -0.849. The highest BCUT2D eigenvalue weighted by Gasteiger charge is 2.28. The molecule has 1 unspecified atom stereocenters. The van der Waals surface area contributed by atoms with E-state index in [9.17, 15) is 4.79 Å². The lowest BCUT2D eigenvalue weighted by molar-refractivity contribution is -0.139. The van der Waals surface area contributed by atoms with Crippen LogP contribution in [0.5, 0.6) is 11.5 Å². The molecule has 8 heteroatoms. The summed E-state index contributed by atoms with van der Waals surface area (Å²) < 4.78 is 17.4. The van der Waals surface area contributed by atoms with Gasteiger partial charge in [-0.1, -0.05) is 30.3 Å². The third-order valence-electron chi connectivity index (χ3n) is 4.08. The molecule has 0 aliphatic carbocycles. The topological polar surface area (TPSA) is 97.9 Å². The lowest BCUT2D eigenvalue weighted by atomic mass is 10.1. The molecule has 1 amide bonds. The fourth-order valence-corrected chi connectivity index (χ4v) is 2.93. The Kier molecular flexibility index (Phi) is 5.83. The summed E-state index contributed by atoms with van der Waals surface area (Å²) in [5, 5.41) is 7.42. The molecule has 1 aliphatic rings. The van der Waals surface area contributed by atoms with Gasteiger partial charge in [0.15, 0.2) is 17.6 Å². The van der Waals surface area contributed by atoms with Crippen LogP contribution in [-0.2, 0) is 16.1 Å². The van der Waals surface area contributed by atoms with E-state index in [4.69, 9.17) is 37.1 Å². The summed E-state index contributed by atoms with van der Waals surface area (Å²) in [6.45, 7) is 2.51. The van der Waals surface area contributed by atoms with E-state index in [1.807, 2.05) is 6.92 Å². The van der Waals surface area contributed by atoms with Crippen LogP contribution < -0.4 is 15.2 Å². The molecule has 142 valence electrons. The van der Waals surface area contributed by atoms with Gasteiger partial charge in [-0.05, 0) is 30.2 Å². The molecule has 1 aliphatic heterocycles. The highest BCUT2D eigenvalue weighted by molar-refractivity contribution is 6.21. The summed E-state index contributed by atoms with van der Waals surface area (Å²) in [6, 6.07) is 12.2. The summed E-state index contributed by atoms with van der Waals surface area (Å²) in [5.41, 5.74) is 7.51. The minimum absolute atomic E-state index is 0.0143. The van der Waals surface area contributed by atoms with Crippen molar-refractivity contribution in [3.8, 4) is 11.5 Å². The molecule has 3 N–H and O–H groups in total. The van der Waals surface area contributed by atoms with Gasteiger partial charge in [-0.25, -0.2) is 4.42 Å². The second-order valence-electron chi connectivity index (χ2n) is 5.92. The zero-order chi connectivity index (χ0) is 19.4. The van der Waals surface area contributed by atoms with E-state index >= 15 is 0 Å². The third kappa shape index (κ3) is 4.32. The van der Waals surface area contributed by atoms with E-state index in [1.54, 1.807) is 42.5 Å². The highest BCUT2D eigenvalue weighted by Crippen LogP contribution is 2.35. The maximum atomic E-state index is 12.9. The van der Waals surface area contributed by atoms with Gasteiger partial charge in [0.2, 0.25) is 6.79 Å². The molecule has 2 aromatic carbocycles. The van der Waals surface area contributed by atoms with Crippen molar-refractivity contribution >= 4 is 23.5 Å². The van der Waals surface area contributed by atoms with Crippen LogP contribution in [0.1, 0.15) is 29.7 Å². The van der Waals surface area contributed by atoms with Crippen LogP contribution in [0.15, 0.2) is 42.5 Å². The molecule has 0 spiro atoms. The van der Waals surface area contributed by atoms with Gasteiger partial charge >= 0.3 is 0 Å². The van der Waals surface area contributed by atoms with Gasteiger partial charge in [-0.15, -0.1) is 0 Å². The molecule has 0 fully saturated rings. The number of hydrogen-bond donors (Lipinski definition) is 2. The first-order chi connectivity index (χ1) is 13.0. The van der Waals surface area contributed by atoms with Crippen LogP contribution in [0, 0.1) is 5.41 Å². The van der Waals surface area contributed by atoms with E-state index < -0.39 is 6.10 Å². The van der Waals surface area contributed by atoms with Crippen molar-refractivity contribution < 1.29 is 19.0 Å². The molecule has 0 bridgehead atoms. The van der Waals surface area contributed by atoms with E-state index in [0.717, 1.165) is 9.98 Å². The summed E-state index contributed by atoms with van der Waals surface area (Å²) in [6.07, 6.45) is -0.849. The lowest BCUT2D eigenvalue weighted by Crippen LogP contribution is -2.29. The molecule has 7 nitrogen and oxygen atoms in total. The Bertz CT molecular complexity index is 841. The minimum Gasteiger partial charge on any atom is -0.454 e. The molecular formula is C19H20ClN3O4. The van der Waals surface area contributed by atoms with Crippen molar-refractivity contribution in [2.24, 2.45) is 5.73 Å². The molecule has 3 rings (SSSR count). The molecule has 2 aromatic rings. The predicted molar refractivity (Wildman–Crippen MR) is 101 cm³/mol. The summed E-state index contributed by atoms with van der Waals surface area (Å²) >= 11 is 6.25. The molecule has 0 saturated heterocycles. The van der Waals surface area contributed by atoms with Crippen molar-refractivity contribution in [1.82, 2.24) is 4.42 Å². The van der Waals surface area contributed by atoms with Gasteiger partial charge in [0.25, 0.3) is 5.91 Å². The largest absolute Gasteiger partial charge is 0.454 e. The van der Waals surface area contributed by atoms with Crippen LogP contribution >= 0.6 is 11.8 Å². The number of nitrogens with zero attached hydrogens (tertiary/aromatic N) is 1. The van der Waals surface area contributed by atoms with Crippen molar-refractivity contribution in [1.29, 1.82) is 5.41 Å². The average molecular weight is 390 g/mol. The second kappa shape index (κ2) is 8.28. The first-order valence-electron chi connectivity index (χ1n) is 8.41. The Morgan fingerprint density at radius 2 is 1.96 bits per heavy atom. The molecule has 0 radical (unpaired) electrons. The first-order valence-corrected chi connectivity index (χ1v) is 8.75. The van der Waals surface area contributed by atoms with Gasteiger partial charge < -0.3 is 19.9 Å². The number of amides is 1. The third-order valence-corrected chi connectivity index (χ3v) is 4.37. The number of halogens is 1. The molecule has 1 heterocycles. The molecule has 0 saturated carbocycles. The fraction of sp³-hybridized carbons (Fsp3) is 0.263. The number of carbonyl (C=O) groups excluding carboxylic acids is 1. The van der Waals surface area contributed by atoms with Crippen molar-refractivity contribution in [2.45, 2.75) is 19.6 Å². The number of nitrogens with one attached hydrogen (secondary N) is 1. The predicted octanol–water partition coefficient (Wildman–Crippen LogP) is 2.96. The number of nitrogens with two attached hydrogens (primary N) is 1. The number of rotatable bonds is 7.